The maximum absolute atomic E-state index is 13.6. The van der Waals surface area contributed by atoms with Crippen LogP contribution in [0.15, 0.2) is 54.6 Å². The monoisotopic (exact) mass is 420 g/mol. The van der Waals surface area contributed by atoms with Gasteiger partial charge >= 0.3 is 5.97 Å². The topological polar surface area (TPSA) is 75.7 Å². The summed E-state index contributed by atoms with van der Waals surface area (Å²) in [6, 6.07) is 17.4. The average Bonchev–Trinajstić information content (AvgIpc) is 3.27. The first-order valence-electron chi connectivity index (χ1n) is 10.9. The van der Waals surface area contributed by atoms with Gasteiger partial charge in [-0.05, 0) is 30.0 Å². The van der Waals surface area contributed by atoms with Gasteiger partial charge in [-0.15, -0.1) is 0 Å². The molecular weight excluding hydrogens is 392 g/mol. The average molecular weight is 421 g/mol. The van der Waals surface area contributed by atoms with Gasteiger partial charge in [-0.25, -0.2) is 0 Å². The van der Waals surface area contributed by atoms with Crippen LogP contribution in [-0.2, 0) is 20.9 Å². The molecule has 1 heterocycles. The SMILES string of the molecule is COC(=O)CCNC(=O)C1c2ccccc2C(=O)N(Cc2ccccc2)C12CCCC2. The minimum atomic E-state index is -0.559. The molecule has 0 radical (unpaired) electrons. The van der Waals surface area contributed by atoms with E-state index < -0.39 is 11.5 Å². The van der Waals surface area contributed by atoms with E-state index in [0.717, 1.165) is 36.8 Å². The van der Waals surface area contributed by atoms with Gasteiger partial charge in [-0.3, -0.25) is 14.4 Å². The highest BCUT2D eigenvalue weighted by Gasteiger charge is 2.55. The molecule has 1 saturated carbocycles. The van der Waals surface area contributed by atoms with Gasteiger partial charge in [0.1, 0.15) is 0 Å². The summed E-state index contributed by atoms with van der Waals surface area (Å²) in [6.07, 6.45) is 3.65. The van der Waals surface area contributed by atoms with E-state index in [4.69, 9.17) is 0 Å². The number of nitrogens with zero attached hydrogens (tertiary/aromatic N) is 1. The van der Waals surface area contributed by atoms with E-state index in [9.17, 15) is 14.4 Å². The fraction of sp³-hybridized carbons (Fsp3) is 0.400. The summed E-state index contributed by atoms with van der Waals surface area (Å²) < 4.78 is 4.68. The molecule has 6 heteroatoms. The molecule has 0 aromatic heterocycles. The van der Waals surface area contributed by atoms with Crippen molar-refractivity contribution in [2.45, 2.75) is 50.1 Å². The molecule has 1 spiro atoms. The van der Waals surface area contributed by atoms with Crippen LogP contribution >= 0.6 is 0 Å². The zero-order chi connectivity index (χ0) is 21.8. The lowest BCUT2D eigenvalue weighted by molar-refractivity contribution is -0.140. The van der Waals surface area contributed by atoms with Crippen LogP contribution in [-0.4, -0.2) is 41.9 Å². The number of ether oxygens (including phenoxy) is 1. The van der Waals surface area contributed by atoms with E-state index in [1.54, 1.807) is 0 Å². The number of hydrogen-bond acceptors (Lipinski definition) is 4. The number of esters is 1. The van der Waals surface area contributed by atoms with Crippen molar-refractivity contribution < 1.29 is 19.1 Å². The van der Waals surface area contributed by atoms with Crippen molar-refractivity contribution in [3.63, 3.8) is 0 Å². The molecule has 4 rings (SSSR count). The molecule has 1 unspecified atom stereocenters. The van der Waals surface area contributed by atoms with E-state index in [1.807, 2.05) is 59.5 Å². The van der Waals surface area contributed by atoms with E-state index in [0.29, 0.717) is 12.1 Å². The summed E-state index contributed by atoms with van der Waals surface area (Å²) in [5.74, 6) is -0.977. The van der Waals surface area contributed by atoms with Crippen molar-refractivity contribution in [2.24, 2.45) is 0 Å². The van der Waals surface area contributed by atoms with Gasteiger partial charge in [0.2, 0.25) is 5.91 Å². The minimum absolute atomic E-state index is 0.0139. The van der Waals surface area contributed by atoms with E-state index in [1.165, 1.54) is 7.11 Å². The molecule has 1 aliphatic heterocycles. The summed E-state index contributed by atoms with van der Waals surface area (Å²) in [7, 11) is 1.34. The lowest BCUT2D eigenvalue weighted by Gasteiger charge is -2.50. The number of carbonyl (C=O) groups is 3. The molecule has 1 fully saturated rings. The third kappa shape index (κ3) is 3.94. The lowest BCUT2D eigenvalue weighted by atomic mass is 9.71. The Hall–Kier alpha value is -3.15. The molecule has 2 aromatic rings. The largest absolute Gasteiger partial charge is 0.469 e. The van der Waals surface area contributed by atoms with Crippen molar-refractivity contribution in [1.29, 1.82) is 0 Å². The molecule has 31 heavy (non-hydrogen) atoms. The second-order valence-electron chi connectivity index (χ2n) is 8.33. The third-order valence-corrected chi connectivity index (χ3v) is 6.59. The minimum Gasteiger partial charge on any atom is -0.469 e. The quantitative estimate of drug-likeness (QED) is 0.727. The molecule has 2 amide bonds. The highest BCUT2D eigenvalue weighted by molar-refractivity contribution is 6.02. The number of nitrogens with one attached hydrogen (secondary N) is 1. The first-order chi connectivity index (χ1) is 15.1. The van der Waals surface area contributed by atoms with Crippen molar-refractivity contribution >= 4 is 17.8 Å². The smallest absolute Gasteiger partial charge is 0.307 e. The maximum Gasteiger partial charge on any atom is 0.307 e. The van der Waals surface area contributed by atoms with Crippen LogP contribution in [0.25, 0.3) is 0 Å². The summed E-state index contributed by atoms with van der Waals surface area (Å²) in [5, 5.41) is 2.93. The molecule has 1 N–H and O–H groups in total. The number of benzene rings is 2. The summed E-state index contributed by atoms with van der Waals surface area (Å²) in [4.78, 5) is 40.5. The van der Waals surface area contributed by atoms with Crippen molar-refractivity contribution in [1.82, 2.24) is 10.2 Å². The zero-order valence-corrected chi connectivity index (χ0v) is 17.8. The molecule has 0 saturated heterocycles. The van der Waals surface area contributed by atoms with Gasteiger partial charge < -0.3 is 15.0 Å². The van der Waals surface area contributed by atoms with Crippen molar-refractivity contribution in [3.8, 4) is 0 Å². The second-order valence-corrected chi connectivity index (χ2v) is 8.33. The van der Waals surface area contributed by atoms with Gasteiger partial charge in [0, 0.05) is 18.7 Å². The molecule has 2 aliphatic rings. The predicted octanol–water partition coefficient (Wildman–Crippen LogP) is 3.42. The lowest BCUT2D eigenvalue weighted by Crippen LogP contribution is -2.60. The number of carbonyl (C=O) groups excluding carboxylic acids is 3. The standard InChI is InChI=1S/C25H28N2O4/c1-31-21(28)13-16-26-23(29)22-19-11-5-6-12-20(19)24(30)27(25(22)14-7-8-15-25)17-18-9-3-2-4-10-18/h2-6,9-12,22H,7-8,13-17H2,1H3,(H,26,29). The van der Waals surface area contributed by atoms with Crippen molar-refractivity contribution in [3.05, 3.63) is 71.3 Å². The Morgan fingerprint density at radius 1 is 1.06 bits per heavy atom. The summed E-state index contributed by atoms with van der Waals surface area (Å²) in [5.41, 5.74) is 1.86. The van der Waals surface area contributed by atoms with Crippen LogP contribution in [0.2, 0.25) is 0 Å². The molecule has 6 nitrogen and oxygen atoms in total. The molecule has 2 aromatic carbocycles. The van der Waals surface area contributed by atoms with Gasteiger partial charge in [0.25, 0.3) is 5.91 Å². The van der Waals surface area contributed by atoms with Crippen LogP contribution in [0, 0.1) is 0 Å². The number of rotatable bonds is 6. The number of amides is 2. The first-order valence-corrected chi connectivity index (χ1v) is 10.9. The molecule has 1 aliphatic carbocycles. The fourth-order valence-electron chi connectivity index (χ4n) is 5.15. The Balaban J connectivity index is 1.72. The van der Waals surface area contributed by atoms with Gasteiger partial charge in [0.15, 0.2) is 0 Å². The highest BCUT2D eigenvalue weighted by Crippen LogP contribution is 2.50. The second kappa shape index (κ2) is 8.92. The normalized spacial score (nSPS) is 19.2. The van der Waals surface area contributed by atoms with Crippen LogP contribution in [0.1, 0.15) is 59.5 Å². The predicted molar refractivity (Wildman–Crippen MR) is 116 cm³/mol. The van der Waals surface area contributed by atoms with Gasteiger partial charge in [0.05, 0.1) is 25.0 Å². The van der Waals surface area contributed by atoms with E-state index >= 15 is 0 Å². The molecule has 162 valence electrons. The Kier molecular flexibility index (Phi) is 6.07. The Bertz CT molecular complexity index is 966. The van der Waals surface area contributed by atoms with Crippen molar-refractivity contribution in [2.75, 3.05) is 13.7 Å². The van der Waals surface area contributed by atoms with E-state index in [2.05, 4.69) is 10.1 Å². The summed E-state index contributed by atoms with van der Waals surface area (Å²) >= 11 is 0. The van der Waals surface area contributed by atoms with Crippen LogP contribution in [0.4, 0.5) is 0 Å². The zero-order valence-electron chi connectivity index (χ0n) is 17.8. The van der Waals surface area contributed by atoms with Crippen LogP contribution in [0.3, 0.4) is 0 Å². The Morgan fingerprint density at radius 2 is 1.74 bits per heavy atom. The number of fused-ring (bicyclic) bond motifs is 1. The molecule has 0 bridgehead atoms. The van der Waals surface area contributed by atoms with Gasteiger partial charge in [-0.1, -0.05) is 61.4 Å². The highest BCUT2D eigenvalue weighted by atomic mass is 16.5. The summed E-state index contributed by atoms with van der Waals surface area (Å²) in [6.45, 7) is 0.687. The van der Waals surface area contributed by atoms with E-state index in [-0.39, 0.29) is 30.7 Å². The van der Waals surface area contributed by atoms with Gasteiger partial charge in [-0.2, -0.15) is 0 Å². The van der Waals surface area contributed by atoms with Crippen LogP contribution in [0.5, 0.6) is 0 Å². The van der Waals surface area contributed by atoms with Crippen LogP contribution < -0.4 is 5.32 Å². The Labute approximate surface area is 182 Å². The molecular formula is C25H28N2O4. The fourth-order valence-corrected chi connectivity index (χ4v) is 5.15. The molecule has 1 atom stereocenters. The number of hydrogen-bond donors (Lipinski definition) is 1. The first kappa shape index (κ1) is 21.1. The number of methoxy groups -OCH3 is 1. The third-order valence-electron chi connectivity index (χ3n) is 6.59. The maximum atomic E-state index is 13.6. The Morgan fingerprint density at radius 3 is 2.45 bits per heavy atom.